The summed E-state index contributed by atoms with van der Waals surface area (Å²) in [5.41, 5.74) is 0.687. The van der Waals surface area contributed by atoms with Crippen LogP contribution in [0.5, 0.6) is 0 Å². The third kappa shape index (κ3) is 86.9. The van der Waals surface area contributed by atoms with Crippen molar-refractivity contribution in [3.05, 3.63) is 24.3 Å². The first-order chi connectivity index (χ1) is 51.1. The fourth-order valence-corrected chi connectivity index (χ4v) is 30.8. The van der Waals surface area contributed by atoms with Gasteiger partial charge in [-0.25, -0.2) is 0 Å². The Hall–Kier alpha value is -1.30. The summed E-state index contributed by atoms with van der Waals surface area (Å²) in [5, 5.41) is 0. The third-order valence-corrected chi connectivity index (χ3v) is 37.7. The Morgan fingerprint density at radius 3 is 0.589 bits per heavy atom. The van der Waals surface area contributed by atoms with Crippen LogP contribution in [0.25, 0.3) is 0 Å². The van der Waals surface area contributed by atoms with Crippen LogP contribution in [0.4, 0.5) is 0 Å². The third-order valence-electron chi connectivity index (χ3n) is 19.7. The van der Waals surface area contributed by atoms with Crippen LogP contribution in [0.1, 0.15) is 481 Å². The SMILES string of the molecule is CCCCCCCC/C=C\CCCCCCCC(=O)[O][Sn]([CH3])([CH3])[O]C(=O)CCCCCC(C)(C)C.CCCCCCCC/C=C\CCCCCCCC(=O)[O][Sn]([CH3])([CH3])[O]C(=O)CCCCCCCCCCC.CCCCCCCCCCCC(=O)[O][Sn]([CH2]CCC)([CH2]CCC)[O]C(=O)CCCCCC(C)(C)C. The second-order valence-electron chi connectivity index (χ2n) is 34.8. The first-order valence-electron chi connectivity index (χ1n) is 45.8. The normalized spacial score (nSPS) is 12.0. The molecule has 0 radical (unpaired) electrons. The minimum atomic E-state index is -3.76. The maximum absolute atomic E-state index is 12.8. The molecule has 0 aliphatic heterocycles. The molecule has 0 aliphatic rings. The van der Waals surface area contributed by atoms with Crippen molar-refractivity contribution >= 4 is 93.4 Å². The van der Waals surface area contributed by atoms with Crippen molar-refractivity contribution in [3.63, 3.8) is 0 Å². The summed E-state index contributed by atoms with van der Waals surface area (Å²) in [4.78, 5) is 81.8. The molecule has 0 aromatic carbocycles. The Morgan fingerprint density at radius 1 is 0.224 bits per heavy atom. The van der Waals surface area contributed by atoms with E-state index in [1.165, 1.54) is 238 Å². The fourth-order valence-electron chi connectivity index (χ4n) is 13.1. The number of unbranched alkanes of at least 4 members (excludes halogenated alkanes) is 44. The van der Waals surface area contributed by atoms with E-state index in [0.29, 0.717) is 49.4 Å². The molecule has 0 atom stereocenters. The molecule has 0 aromatic heterocycles. The van der Waals surface area contributed by atoms with Crippen LogP contribution in [0.15, 0.2) is 24.3 Å². The predicted octanol–water partition coefficient (Wildman–Crippen LogP) is 30.6. The Labute approximate surface area is 679 Å². The molecule has 0 saturated heterocycles. The van der Waals surface area contributed by atoms with Crippen LogP contribution >= 0.6 is 0 Å². The standard InChI is InChI=1S/2C18H34O2.2C12H24O2.2C10H20O2.2C4H9.4CH3.3Sn/c2*1-2-3-4-5-6-7-8-9-10-11-12-13-14-15-16-17-18(19)20;2*1-2-3-4-5-6-7-8-9-10-11-12(13)14;2*1-10(2,3)8-6-4-5-7-9(11)12;2*1-3-4-2;;;;;;;/h2*9-10H,2-8,11-17H2,1H3,(H,19,20);2*2-11H2,1H3,(H,13,14);2*4-8H2,1-3H3,(H,11,12);2*1,3-4H2,2H3;4*1H3;;;/q;;;;;;;;;;;;3*+2/p-6/b2*10-9-;;;;;;;;;;;;;. The molecule has 0 fully saturated rings. The summed E-state index contributed by atoms with van der Waals surface area (Å²) in [6.07, 6.45) is 78.8. The van der Waals surface area contributed by atoms with E-state index in [0.717, 1.165) is 131 Å². The van der Waals surface area contributed by atoms with Crippen molar-refractivity contribution in [1.82, 2.24) is 0 Å². The van der Waals surface area contributed by atoms with Gasteiger partial charge in [0, 0.05) is 0 Å². The number of carbonyl (C=O) groups excluding carboxylic acids is 6. The molecule has 0 aromatic rings. The first-order valence-corrected chi connectivity index (χ1v) is 68.2. The predicted molar refractivity (Wildman–Crippen MR) is 464 cm³/mol. The van der Waals surface area contributed by atoms with Gasteiger partial charge in [0.15, 0.2) is 0 Å². The Bertz CT molecular complexity index is 2100. The van der Waals surface area contributed by atoms with Crippen molar-refractivity contribution in [2.45, 2.75) is 510 Å². The molecule has 12 nitrogen and oxygen atoms in total. The average Bonchev–Trinajstić information content (AvgIpc) is 0.851. The monoisotopic (exact) mass is 1840 g/mol. The van der Waals surface area contributed by atoms with Crippen LogP contribution in [0.3, 0.4) is 0 Å². The molecule has 0 bridgehead atoms. The van der Waals surface area contributed by atoms with E-state index in [4.69, 9.17) is 18.4 Å². The summed E-state index contributed by atoms with van der Waals surface area (Å²) < 4.78 is 36.5. The number of hydrogen-bond donors (Lipinski definition) is 0. The molecular formula is C92H180O12Sn3. The van der Waals surface area contributed by atoms with Gasteiger partial charge in [-0.2, -0.15) is 0 Å². The van der Waals surface area contributed by atoms with Crippen molar-refractivity contribution in [2.24, 2.45) is 10.8 Å². The van der Waals surface area contributed by atoms with E-state index in [2.05, 4.69) is 107 Å². The molecule has 15 heteroatoms. The summed E-state index contributed by atoms with van der Waals surface area (Å²) >= 11 is -10.8. The number of rotatable bonds is 72. The van der Waals surface area contributed by atoms with E-state index in [1.54, 1.807) is 0 Å². The second-order valence-corrected chi connectivity index (χ2v) is 62.4. The van der Waals surface area contributed by atoms with Gasteiger partial charge < -0.3 is 0 Å². The maximum atomic E-state index is 12.8. The molecule has 632 valence electrons. The van der Waals surface area contributed by atoms with Gasteiger partial charge in [-0.3, -0.25) is 0 Å². The molecule has 0 rings (SSSR count). The van der Waals surface area contributed by atoms with Crippen molar-refractivity contribution in [1.29, 1.82) is 0 Å². The molecule has 0 heterocycles. The summed E-state index contributed by atoms with van der Waals surface area (Å²) in [5.74, 6) is -1.00. The van der Waals surface area contributed by atoms with Crippen LogP contribution < -0.4 is 0 Å². The fraction of sp³-hybridized carbons (Fsp3) is 0.891. The quantitative estimate of drug-likeness (QED) is 0.0323. The van der Waals surface area contributed by atoms with Gasteiger partial charge in [-0.1, -0.05) is 91.9 Å². The zero-order chi connectivity index (χ0) is 80.3. The van der Waals surface area contributed by atoms with Crippen molar-refractivity contribution in [3.8, 4) is 0 Å². The molecule has 0 N–H and O–H groups in total. The van der Waals surface area contributed by atoms with Gasteiger partial charge in [0.2, 0.25) is 0 Å². The molecule has 0 aliphatic carbocycles. The zero-order valence-electron chi connectivity index (χ0n) is 74.0. The van der Waals surface area contributed by atoms with Gasteiger partial charge in [0.1, 0.15) is 0 Å². The van der Waals surface area contributed by atoms with Gasteiger partial charge >= 0.3 is 581 Å². The van der Waals surface area contributed by atoms with Crippen LogP contribution in [0.2, 0.25) is 28.6 Å². The summed E-state index contributed by atoms with van der Waals surface area (Å²) in [6.45, 7) is 26.8. The Morgan fingerprint density at radius 2 is 0.393 bits per heavy atom. The molecule has 107 heavy (non-hydrogen) atoms. The van der Waals surface area contributed by atoms with E-state index in [-0.39, 0.29) is 35.8 Å². The summed E-state index contributed by atoms with van der Waals surface area (Å²) in [7, 11) is 0. The van der Waals surface area contributed by atoms with E-state index < -0.39 is 57.6 Å². The summed E-state index contributed by atoms with van der Waals surface area (Å²) in [6, 6.07) is 0. The number of hydrogen-bond acceptors (Lipinski definition) is 12. The number of carbonyl (C=O) groups is 6. The van der Waals surface area contributed by atoms with Crippen LogP contribution in [-0.2, 0) is 47.2 Å². The van der Waals surface area contributed by atoms with Crippen LogP contribution in [0, 0.1) is 10.8 Å². The molecule has 0 amide bonds. The van der Waals surface area contributed by atoms with E-state index in [1.807, 2.05) is 19.8 Å². The van der Waals surface area contributed by atoms with E-state index >= 15 is 0 Å². The first kappa shape index (κ1) is 110. The number of allylic oxidation sites excluding steroid dienone is 4. The molecule has 0 unspecified atom stereocenters. The Kier molecular flexibility index (Phi) is 79.3. The van der Waals surface area contributed by atoms with Gasteiger partial charge in [0.25, 0.3) is 0 Å². The zero-order valence-corrected chi connectivity index (χ0v) is 82.5. The van der Waals surface area contributed by atoms with Gasteiger partial charge in [-0.05, 0) is 12.8 Å². The van der Waals surface area contributed by atoms with Gasteiger partial charge in [-0.15, -0.1) is 0 Å². The Balaban J connectivity index is -0.00000152. The van der Waals surface area contributed by atoms with Crippen molar-refractivity contribution in [2.75, 3.05) is 0 Å². The van der Waals surface area contributed by atoms with Crippen LogP contribution in [-0.4, -0.2) is 93.4 Å². The average molecular weight is 1830 g/mol. The molecule has 0 spiro atoms. The van der Waals surface area contributed by atoms with E-state index in [9.17, 15) is 28.8 Å². The minimum absolute atomic E-state index is 0.117. The topological polar surface area (TPSA) is 158 Å². The molecular weight excluding hydrogens is 1650 g/mol. The van der Waals surface area contributed by atoms with Crippen molar-refractivity contribution < 1.29 is 47.2 Å². The molecule has 0 saturated carbocycles. The second kappa shape index (κ2) is 77.3. The van der Waals surface area contributed by atoms with Gasteiger partial charge in [0.05, 0.1) is 0 Å².